The number of nitrogens with zero attached hydrogens (tertiary/aromatic N) is 1. The topological polar surface area (TPSA) is 32.6 Å². The highest BCUT2D eigenvalue weighted by molar-refractivity contribution is 7.20. The summed E-state index contributed by atoms with van der Waals surface area (Å²) in [5, 5.41) is 11.6. The molecule has 0 fully saturated rings. The van der Waals surface area contributed by atoms with Gasteiger partial charge >= 0.3 is 0 Å². The number of fused-ring (bicyclic) bond motifs is 3. The molecule has 1 atom stereocenters. The van der Waals surface area contributed by atoms with Gasteiger partial charge < -0.3 is 5.11 Å². The fourth-order valence-corrected chi connectivity index (χ4v) is 4.99. The van der Waals surface area contributed by atoms with Gasteiger partial charge in [-0.25, -0.2) is 0 Å². The third-order valence-corrected chi connectivity index (χ3v) is 8.28. The van der Waals surface area contributed by atoms with E-state index in [0.29, 0.717) is 0 Å². The molecule has 4 heteroatoms. The zero-order chi connectivity index (χ0) is 26.3. The summed E-state index contributed by atoms with van der Waals surface area (Å²) in [6, 6.07) is 17.2. The van der Waals surface area contributed by atoms with Crippen LogP contribution in [0.25, 0.3) is 16.2 Å². The Balaban J connectivity index is 1.56. The minimum absolute atomic E-state index is 0.156. The molecule has 4 rings (SSSR count). The number of aliphatic imine (C=N–C) groups is 1. The van der Waals surface area contributed by atoms with Crippen molar-refractivity contribution in [1.82, 2.24) is 0 Å². The third kappa shape index (κ3) is 6.97. The van der Waals surface area contributed by atoms with E-state index < -0.39 is 5.60 Å². The first-order chi connectivity index (χ1) is 17.7. The second-order valence-electron chi connectivity index (χ2n) is 10.5. The molecule has 0 bridgehead atoms. The molecule has 187 valence electrons. The van der Waals surface area contributed by atoms with E-state index in [-0.39, 0.29) is 11.3 Å². The summed E-state index contributed by atoms with van der Waals surface area (Å²) in [4.78, 5) is 5.91. The molecule has 1 unspecified atom stereocenters. The number of hydrogen-bond acceptors (Lipinski definition) is 3. The highest BCUT2D eigenvalue weighted by atomic mass is 32.1. The molecule has 0 aliphatic carbocycles. The van der Waals surface area contributed by atoms with Crippen LogP contribution in [0.3, 0.4) is 0 Å². The summed E-state index contributed by atoms with van der Waals surface area (Å²) in [6.45, 7) is 7.97. The fraction of sp³-hybridized carbons (Fsp3) is 0.242. The lowest BCUT2D eigenvalue weighted by Crippen LogP contribution is -2.40. The van der Waals surface area contributed by atoms with Crippen LogP contribution in [0.5, 0.6) is 0 Å². The molecule has 2 heterocycles. The van der Waals surface area contributed by atoms with Crippen LogP contribution < -0.4 is 5.46 Å². The molecule has 0 saturated heterocycles. The molecule has 1 aromatic heterocycles. The van der Waals surface area contributed by atoms with Gasteiger partial charge in [0.15, 0.2) is 7.28 Å². The second-order valence-corrected chi connectivity index (χ2v) is 11.6. The van der Waals surface area contributed by atoms with Crippen LogP contribution in [-0.2, 0) is 0 Å². The molecule has 0 saturated carbocycles. The van der Waals surface area contributed by atoms with Gasteiger partial charge in [0.25, 0.3) is 0 Å². The van der Waals surface area contributed by atoms with Crippen LogP contribution >= 0.6 is 11.3 Å². The van der Waals surface area contributed by atoms with Crippen molar-refractivity contribution in [2.75, 3.05) is 0 Å². The number of thiophene rings is 1. The first kappa shape index (κ1) is 26.8. The fourth-order valence-electron chi connectivity index (χ4n) is 3.93. The van der Waals surface area contributed by atoms with Crippen LogP contribution in [0.15, 0.2) is 108 Å². The molecular formula is C33H35BNOS. The summed E-state index contributed by atoms with van der Waals surface area (Å²) in [5.41, 5.74) is 2.49. The van der Waals surface area contributed by atoms with Gasteiger partial charge in [-0.2, -0.15) is 0 Å². The number of hydrogen-bond donors (Lipinski definition) is 1. The van der Waals surface area contributed by atoms with E-state index in [1.54, 1.807) is 11.3 Å². The normalized spacial score (nSPS) is 20.0. The minimum atomic E-state index is -0.734. The smallest absolute Gasteiger partial charge is 0.152 e. The lowest BCUT2D eigenvalue weighted by molar-refractivity contribution is -0.0236. The van der Waals surface area contributed by atoms with Crippen molar-refractivity contribution in [3.8, 4) is 0 Å². The molecule has 1 N–H and O–H groups in total. The molecule has 0 spiro atoms. The molecule has 3 aromatic rings. The zero-order valence-corrected chi connectivity index (χ0v) is 23.0. The Morgan fingerprint density at radius 3 is 2.27 bits per heavy atom. The molecule has 2 nitrogen and oxygen atoms in total. The number of aliphatic hydroxyl groups is 1. The number of rotatable bonds is 5. The van der Waals surface area contributed by atoms with Crippen molar-refractivity contribution >= 4 is 52.1 Å². The Morgan fingerprint density at radius 2 is 1.51 bits per heavy atom. The summed E-state index contributed by atoms with van der Waals surface area (Å²) >= 11 is 1.76. The number of allylic oxidation sites excluding steroid dienone is 9. The maximum Gasteiger partial charge on any atom is 0.152 e. The van der Waals surface area contributed by atoms with E-state index in [1.165, 1.54) is 21.1 Å². The lowest BCUT2D eigenvalue weighted by Gasteiger charge is -2.37. The Labute approximate surface area is 226 Å². The first-order valence-corrected chi connectivity index (χ1v) is 13.6. The van der Waals surface area contributed by atoms with E-state index in [0.717, 1.165) is 16.9 Å². The van der Waals surface area contributed by atoms with Crippen molar-refractivity contribution in [3.05, 3.63) is 114 Å². The van der Waals surface area contributed by atoms with Gasteiger partial charge in [-0.3, -0.25) is 4.99 Å². The van der Waals surface area contributed by atoms with E-state index in [2.05, 4.69) is 106 Å². The molecule has 37 heavy (non-hydrogen) atoms. The van der Waals surface area contributed by atoms with Gasteiger partial charge in [-0.05, 0) is 43.0 Å². The van der Waals surface area contributed by atoms with Gasteiger partial charge in [0.1, 0.15) is 0 Å². The summed E-state index contributed by atoms with van der Waals surface area (Å²) in [6.07, 6.45) is 23.6. The quantitative estimate of drug-likeness (QED) is 0.349. The average Bonchev–Trinajstić information content (AvgIpc) is 3.22. The Hall–Kier alpha value is -3.21. The average molecular weight is 505 g/mol. The zero-order valence-electron chi connectivity index (χ0n) is 22.1. The molecule has 1 aliphatic rings. The van der Waals surface area contributed by atoms with Crippen molar-refractivity contribution in [2.24, 2.45) is 10.4 Å². The number of benzene rings is 2. The summed E-state index contributed by atoms with van der Waals surface area (Å²) < 4.78 is 1.24. The van der Waals surface area contributed by atoms with Crippen LogP contribution in [-0.4, -0.2) is 24.2 Å². The Morgan fingerprint density at radius 1 is 0.838 bits per heavy atom. The SMILES string of the molecule is CC(C)(O)C(C)(C)C[B]c1ccc(C2C=C/C=C\c3sc4ccccc4c3N=C/C=C/C=C\C=C/2)cc1. The van der Waals surface area contributed by atoms with E-state index >= 15 is 0 Å². The molecular weight excluding hydrogens is 469 g/mol. The third-order valence-electron chi connectivity index (χ3n) is 7.15. The largest absolute Gasteiger partial charge is 0.390 e. The van der Waals surface area contributed by atoms with E-state index in [9.17, 15) is 5.11 Å². The van der Waals surface area contributed by atoms with Gasteiger partial charge in [-0.1, -0.05) is 117 Å². The maximum atomic E-state index is 10.5. The lowest BCUT2D eigenvalue weighted by atomic mass is 9.56. The molecule has 1 aliphatic heterocycles. The van der Waals surface area contributed by atoms with Crippen LogP contribution in [0.2, 0.25) is 6.32 Å². The molecule has 2 aromatic carbocycles. The maximum absolute atomic E-state index is 10.5. The van der Waals surface area contributed by atoms with Gasteiger partial charge in [0.05, 0.1) is 16.2 Å². The highest BCUT2D eigenvalue weighted by Crippen LogP contribution is 2.38. The van der Waals surface area contributed by atoms with Gasteiger partial charge in [-0.15, -0.1) is 11.3 Å². The predicted molar refractivity (Wildman–Crippen MR) is 165 cm³/mol. The Bertz CT molecular complexity index is 1380. The standard InChI is InChI=1S/C33H35BNOS/c1-32(2,33(3,4)36)24-34-27-21-19-26(20-22-27)25-14-8-6-5-7-13-23-35-31-28-16-10-12-17-29(28)37-30(31)18-11-9-15-25/h5-23,25,36H,24H2,1-4H3/b6-5-,13-7+,14-8-,15-9?,18-11-,35-23?. The van der Waals surface area contributed by atoms with E-state index in [1.807, 2.05) is 44.4 Å². The van der Waals surface area contributed by atoms with Crippen LogP contribution in [0.4, 0.5) is 5.69 Å². The predicted octanol–water partition coefficient (Wildman–Crippen LogP) is 8.18. The van der Waals surface area contributed by atoms with Gasteiger partial charge in [0, 0.05) is 22.2 Å². The van der Waals surface area contributed by atoms with Crippen molar-refractivity contribution in [1.29, 1.82) is 0 Å². The minimum Gasteiger partial charge on any atom is -0.390 e. The van der Waals surface area contributed by atoms with Crippen molar-refractivity contribution in [2.45, 2.75) is 45.5 Å². The summed E-state index contributed by atoms with van der Waals surface area (Å²) in [7, 11) is 2.21. The molecule has 1 radical (unpaired) electrons. The Kier molecular flexibility index (Phi) is 8.63. The van der Waals surface area contributed by atoms with Crippen molar-refractivity contribution < 1.29 is 5.11 Å². The first-order valence-electron chi connectivity index (χ1n) is 12.8. The van der Waals surface area contributed by atoms with Gasteiger partial charge in [0.2, 0.25) is 0 Å². The van der Waals surface area contributed by atoms with Crippen LogP contribution in [0.1, 0.15) is 44.1 Å². The highest BCUT2D eigenvalue weighted by Gasteiger charge is 2.34. The molecule has 0 amide bonds. The van der Waals surface area contributed by atoms with Crippen molar-refractivity contribution in [3.63, 3.8) is 0 Å². The monoisotopic (exact) mass is 504 g/mol. The van der Waals surface area contributed by atoms with Crippen LogP contribution in [0, 0.1) is 5.41 Å². The second kappa shape index (κ2) is 11.9. The summed E-state index contributed by atoms with van der Waals surface area (Å²) in [5.74, 6) is 0.156. The van der Waals surface area contributed by atoms with E-state index in [4.69, 9.17) is 4.99 Å².